The highest BCUT2D eigenvalue weighted by Crippen LogP contribution is 2.36. The van der Waals surface area contributed by atoms with Gasteiger partial charge in [-0.1, -0.05) is 6.07 Å². The molecule has 0 saturated heterocycles. The number of hydrogen-bond acceptors (Lipinski definition) is 4. The van der Waals surface area contributed by atoms with Gasteiger partial charge in [0.25, 0.3) is 0 Å². The Hall–Kier alpha value is -1.98. The van der Waals surface area contributed by atoms with Gasteiger partial charge in [-0.3, -0.25) is 4.98 Å². The molecule has 1 atom stereocenters. The minimum atomic E-state index is -0.625. The van der Waals surface area contributed by atoms with E-state index in [-0.39, 0.29) is 11.9 Å². The largest absolute Gasteiger partial charge is 0.461 e. The zero-order chi connectivity index (χ0) is 17.6. The average Bonchev–Trinajstić information content (AvgIpc) is 2.96. The van der Waals surface area contributed by atoms with Crippen molar-refractivity contribution in [2.45, 2.75) is 58.6 Å². The third-order valence-corrected chi connectivity index (χ3v) is 5.04. The van der Waals surface area contributed by atoms with Crippen molar-refractivity contribution in [3.05, 3.63) is 58.2 Å². The number of fused-ring (bicyclic) bond motifs is 2. The molecule has 1 aliphatic carbocycles. The van der Waals surface area contributed by atoms with Crippen LogP contribution in [0.1, 0.15) is 54.3 Å². The van der Waals surface area contributed by atoms with Crippen LogP contribution in [0.5, 0.6) is 5.75 Å². The molecule has 0 amide bonds. The fourth-order valence-corrected chi connectivity index (χ4v) is 3.67. The van der Waals surface area contributed by atoms with Crippen LogP contribution in [0.25, 0.3) is 0 Å². The Kier molecular flexibility index (Phi) is 4.01. The van der Waals surface area contributed by atoms with Crippen LogP contribution in [0.4, 0.5) is 4.39 Å². The van der Waals surface area contributed by atoms with Gasteiger partial charge in [0.1, 0.15) is 11.6 Å². The van der Waals surface area contributed by atoms with Crippen molar-refractivity contribution in [1.29, 1.82) is 0 Å². The molecule has 1 aromatic carbocycles. The Morgan fingerprint density at radius 2 is 2.20 bits per heavy atom. The topological polar surface area (TPSA) is 43.4 Å². The van der Waals surface area contributed by atoms with E-state index >= 15 is 0 Å². The molecule has 0 bridgehead atoms. The van der Waals surface area contributed by atoms with Gasteiger partial charge in [0.2, 0.25) is 5.79 Å². The maximum Gasteiger partial charge on any atom is 0.205 e. The summed E-state index contributed by atoms with van der Waals surface area (Å²) < 4.78 is 25.2. The molecule has 1 unspecified atom stereocenters. The summed E-state index contributed by atoms with van der Waals surface area (Å²) in [7, 11) is 0. The number of rotatable bonds is 3. The summed E-state index contributed by atoms with van der Waals surface area (Å²) in [5.74, 6) is 0.0533. The Labute approximate surface area is 147 Å². The molecule has 1 aliphatic heterocycles. The summed E-state index contributed by atoms with van der Waals surface area (Å²) in [4.78, 5) is 4.49. The molecule has 0 radical (unpaired) electrons. The van der Waals surface area contributed by atoms with E-state index < -0.39 is 5.79 Å². The predicted molar refractivity (Wildman–Crippen MR) is 92.8 cm³/mol. The van der Waals surface area contributed by atoms with Gasteiger partial charge in [0.05, 0.1) is 12.3 Å². The second-order valence-corrected chi connectivity index (χ2v) is 7.28. The number of halogens is 1. The first-order valence-corrected chi connectivity index (χ1v) is 8.75. The third-order valence-electron chi connectivity index (χ3n) is 5.04. The normalized spacial score (nSPS) is 20.7. The molecule has 2 heterocycles. The molecule has 132 valence electrons. The number of hydrogen-bond donors (Lipinski definition) is 1. The highest BCUT2D eigenvalue weighted by Gasteiger charge is 2.31. The quantitative estimate of drug-likeness (QED) is 0.917. The predicted octanol–water partition coefficient (Wildman–Crippen LogP) is 3.95. The van der Waals surface area contributed by atoms with Gasteiger partial charge in [-0.05, 0) is 48.6 Å². The summed E-state index contributed by atoms with van der Waals surface area (Å²) in [6, 6.07) is 5.33. The number of aryl methyl sites for hydroxylation is 2. The van der Waals surface area contributed by atoms with E-state index in [4.69, 9.17) is 9.47 Å². The molecular weight excluding hydrogens is 319 g/mol. The fourth-order valence-electron chi connectivity index (χ4n) is 3.67. The van der Waals surface area contributed by atoms with E-state index in [9.17, 15) is 4.39 Å². The molecule has 5 heteroatoms. The summed E-state index contributed by atoms with van der Waals surface area (Å²) in [5.41, 5.74) is 5.35. The van der Waals surface area contributed by atoms with E-state index in [0.717, 1.165) is 41.0 Å². The molecule has 1 aromatic heterocycles. The lowest BCUT2D eigenvalue weighted by Crippen LogP contribution is -2.36. The van der Waals surface area contributed by atoms with Crippen LogP contribution in [0, 0.1) is 12.7 Å². The summed E-state index contributed by atoms with van der Waals surface area (Å²) in [6.45, 7) is 6.99. The molecule has 0 saturated carbocycles. The molecular formula is C20H23FN2O2. The van der Waals surface area contributed by atoms with E-state index in [2.05, 4.69) is 10.3 Å². The first kappa shape index (κ1) is 16.5. The standard InChI is InChI=1S/C20H23FN2O2/c1-12-19-17(11-24-20(2,3)25-19)14(9-22-12)10-23-18-7-4-13-8-15(21)5-6-16(13)18/h5-6,8-9,18,23H,4,7,10-11H2,1-3H3. The van der Waals surface area contributed by atoms with Crippen molar-refractivity contribution < 1.29 is 13.9 Å². The Morgan fingerprint density at radius 1 is 1.36 bits per heavy atom. The van der Waals surface area contributed by atoms with Crippen LogP contribution in [0.2, 0.25) is 0 Å². The van der Waals surface area contributed by atoms with E-state index in [1.807, 2.05) is 33.0 Å². The van der Waals surface area contributed by atoms with Crippen molar-refractivity contribution in [3.63, 3.8) is 0 Å². The van der Waals surface area contributed by atoms with Crippen LogP contribution in [0.15, 0.2) is 24.4 Å². The van der Waals surface area contributed by atoms with E-state index in [1.54, 1.807) is 6.07 Å². The van der Waals surface area contributed by atoms with Crippen molar-refractivity contribution in [1.82, 2.24) is 10.3 Å². The number of ether oxygens (including phenoxy) is 2. The first-order chi connectivity index (χ1) is 11.9. The van der Waals surface area contributed by atoms with Gasteiger partial charge in [0, 0.05) is 38.2 Å². The number of benzene rings is 1. The molecule has 4 nitrogen and oxygen atoms in total. The zero-order valence-electron chi connectivity index (χ0n) is 14.9. The zero-order valence-corrected chi connectivity index (χ0v) is 14.9. The van der Waals surface area contributed by atoms with Gasteiger partial charge >= 0.3 is 0 Å². The summed E-state index contributed by atoms with van der Waals surface area (Å²) in [5, 5.41) is 3.59. The lowest BCUT2D eigenvalue weighted by molar-refractivity contribution is -0.180. The Bertz CT molecular complexity index is 820. The van der Waals surface area contributed by atoms with Gasteiger partial charge in [0.15, 0.2) is 0 Å². The van der Waals surface area contributed by atoms with Crippen LogP contribution in [0.3, 0.4) is 0 Å². The maximum atomic E-state index is 13.4. The van der Waals surface area contributed by atoms with Crippen LogP contribution < -0.4 is 10.1 Å². The molecule has 0 spiro atoms. The highest BCUT2D eigenvalue weighted by atomic mass is 19.1. The van der Waals surface area contributed by atoms with Crippen LogP contribution in [-0.2, 0) is 24.3 Å². The number of pyridine rings is 1. The number of nitrogens with one attached hydrogen (secondary N) is 1. The molecule has 1 N–H and O–H groups in total. The van der Waals surface area contributed by atoms with E-state index in [1.165, 1.54) is 11.6 Å². The van der Waals surface area contributed by atoms with E-state index in [0.29, 0.717) is 13.2 Å². The highest BCUT2D eigenvalue weighted by molar-refractivity contribution is 5.43. The molecule has 4 rings (SSSR count). The number of aromatic nitrogens is 1. The van der Waals surface area contributed by atoms with Crippen molar-refractivity contribution >= 4 is 0 Å². The number of nitrogens with zero attached hydrogens (tertiary/aromatic N) is 1. The maximum absolute atomic E-state index is 13.4. The molecule has 2 aliphatic rings. The van der Waals surface area contributed by atoms with Gasteiger partial charge in [-0.25, -0.2) is 4.39 Å². The van der Waals surface area contributed by atoms with Gasteiger partial charge in [-0.2, -0.15) is 0 Å². The second-order valence-electron chi connectivity index (χ2n) is 7.28. The van der Waals surface area contributed by atoms with Crippen molar-refractivity contribution in [2.24, 2.45) is 0 Å². The summed E-state index contributed by atoms with van der Waals surface area (Å²) in [6.07, 6.45) is 3.79. The minimum Gasteiger partial charge on any atom is -0.461 e. The van der Waals surface area contributed by atoms with Gasteiger partial charge in [-0.15, -0.1) is 0 Å². The van der Waals surface area contributed by atoms with Crippen molar-refractivity contribution in [3.8, 4) is 5.75 Å². The lowest BCUT2D eigenvalue weighted by Gasteiger charge is -2.34. The van der Waals surface area contributed by atoms with Crippen LogP contribution in [-0.4, -0.2) is 10.8 Å². The SMILES string of the molecule is Cc1ncc(CNC2CCc3cc(F)ccc32)c2c1OC(C)(C)OC2. The van der Waals surface area contributed by atoms with Crippen LogP contribution >= 0.6 is 0 Å². The first-order valence-electron chi connectivity index (χ1n) is 8.75. The minimum absolute atomic E-state index is 0.159. The smallest absolute Gasteiger partial charge is 0.205 e. The summed E-state index contributed by atoms with van der Waals surface area (Å²) >= 11 is 0. The molecule has 25 heavy (non-hydrogen) atoms. The molecule has 0 fully saturated rings. The Balaban J connectivity index is 1.54. The third kappa shape index (κ3) is 3.14. The second kappa shape index (κ2) is 6.07. The average molecular weight is 342 g/mol. The lowest BCUT2D eigenvalue weighted by atomic mass is 10.0. The van der Waals surface area contributed by atoms with Crippen molar-refractivity contribution in [2.75, 3.05) is 0 Å². The molecule has 2 aromatic rings. The fraction of sp³-hybridized carbons (Fsp3) is 0.450. The Morgan fingerprint density at radius 3 is 3.04 bits per heavy atom. The monoisotopic (exact) mass is 342 g/mol. The van der Waals surface area contributed by atoms with Gasteiger partial charge < -0.3 is 14.8 Å².